The van der Waals surface area contributed by atoms with E-state index in [0.717, 1.165) is 34.9 Å². The Morgan fingerprint density at radius 1 is 1.16 bits per heavy atom. The summed E-state index contributed by atoms with van der Waals surface area (Å²) in [6, 6.07) is 20.3. The number of carbonyl (C=O) groups is 1. The van der Waals surface area contributed by atoms with Crippen LogP contribution in [0, 0.1) is 0 Å². The van der Waals surface area contributed by atoms with Gasteiger partial charge in [-0.3, -0.25) is 9.89 Å². The van der Waals surface area contributed by atoms with Crippen molar-refractivity contribution in [3.63, 3.8) is 0 Å². The fourth-order valence-corrected chi connectivity index (χ4v) is 3.34. The van der Waals surface area contributed by atoms with E-state index < -0.39 is 5.91 Å². The summed E-state index contributed by atoms with van der Waals surface area (Å²) in [5.74, 6) is 0.373. The molecule has 1 aromatic heterocycles. The predicted molar refractivity (Wildman–Crippen MR) is 125 cm³/mol. The quantitative estimate of drug-likeness (QED) is 0.212. The highest BCUT2D eigenvalue weighted by Gasteiger charge is 2.14. The fraction of sp³-hybridized carbons (Fsp3) is 0.160. The van der Waals surface area contributed by atoms with E-state index in [9.17, 15) is 9.90 Å². The molecule has 32 heavy (non-hydrogen) atoms. The van der Waals surface area contributed by atoms with Crippen molar-refractivity contribution in [1.82, 2.24) is 15.6 Å². The molecular formula is C25H24N4O3. The Morgan fingerprint density at radius 2 is 1.97 bits per heavy atom. The smallest absolute Gasteiger partial charge is 0.289 e. The zero-order chi connectivity index (χ0) is 22.3. The molecule has 0 aliphatic heterocycles. The first kappa shape index (κ1) is 21.1. The van der Waals surface area contributed by atoms with Crippen LogP contribution in [0.15, 0.2) is 71.8 Å². The largest absolute Gasteiger partial charge is 0.507 e. The van der Waals surface area contributed by atoms with Gasteiger partial charge in [0.05, 0.1) is 18.5 Å². The van der Waals surface area contributed by atoms with Gasteiger partial charge in [-0.1, -0.05) is 55.8 Å². The van der Waals surface area contributed by atoms with E-state index in [2.05, 4.69) is 27.6 Å². The summed E-state index contributed by atoms with van der Waals surface area (Å²) >= 11 is 0. The monoisotopic (exact) mass is 428 g/mol. The molecule has 0 spiro atoms. The average Bonchev–Trinajstić information content (AvgIpc) is 3.31. The lowest BCUT2D eigenvalue weighted by atomic mass is 10.0. The first-order valence-corrected chi connectivity index (χ1v) is 10.5. The number of phenolic OH excluding ortho intramolecular Hbond substituents is 1. The standard InChI is InChI=1S/C25H24N4O3/c1-2-3-14-32-24-11-7-6-10-19(24)21-15-22(28-27-21)25(31)29-26-16-20-18-9-5-4-8-17(18)12-13-23(20)30/h4-13,15-16,30H,2-3,14H2,1H3,(H,27,28)(H,29,31)/b26-16-. The maximum absolute atomic E-state index is 12.5. The number of nitrogens with one attached hydrogen (secondary N) is 2. The topological polar surface area (TPSA) is 99.6 Å². The van der Waals surface area contributed by atoms with Crippen LogP contribution in [0.1, 0.15) is 35.8 Å². The van der Waals surface area contributed by atoms with Gasteiger partial charge >= 0.3 is 0 Å². The lowest BCUT2D eigenvalue weighted by Crippen LogP contribution is -2.18. The Kier molecular flexibility index (Phi) is 6.46. The number of hydrazone groups is 1. The van der Waals surface area contributed by atoms with Gasteiger partial charge in [-0.2, -0.15) is 10.2 Å². The van der Waals surface area contributed by atoms with Gasteiger partial charge in [0.15, 0.2) is 0 Å². The number of fused-ring (bicyclic) bond motifs is 1. The molecule has 0 saturated carbocycles. The van der Waals surface area contributed by atoms with Crippen LogP contribution < -0.4 is 10.2 Å². The molecule has 4 rings (SSSR count). The van der Waals surface area contributed by atoms with Crippen LogP contribution in [0.25, 0.3) is 22.0 Å². The van der Waals surface area contributed by atoms with Crippen LogP contribution in [0.4, 0.5) is 0 Å². The fourth-order valence-electron chi connectivity index (χ4n) is 3.34. The molecule has 0 aliphatic rings. The maximum Gasteiger partial charge on any atom is 0.289 e. The van der Waals surface area contributed by atoms with Gasteiger partial charge in [-0.15, -0.1) is 0 Å². The van der Waals surface area contributed by atoms with E-state index in [1.807, 2.05) is 54.6 Å². The van der Waals surface area contributed by atoms with E-state index in [-0.39, 0.29) is 11.4 Å². The van der Waals surface area contributed by atoms with Gasteiger partial charge in [0.1, 0.15) is 17.2 Å². The summed E-state index contributed by atoms with van der Waals surface area (Å²) < 4.78 is 5.86. The minimum Gasteiger partial charge on any atom is -0.507 e. The third kappa shape index (κ3) is 4.62. The molecule has 162 valence electrons. The number of para-hydroxylation sites is 1. The van der Waals surface area contributed by atoms with Crippen LogP contribution in [0.2, 0.25) is 0 Å². The number of amides is 1. The van der Waals surface area contributed by atoms with Crippen molar-refractivity contribution in [3.05, 3.63) is 78.0 Å². The first-order valence-electron chi connectivity index (χ1n) is 10.5. The Morgan fingerprint density at radius 3 is 2.84 bits per heavy atom. The normalized spacial score (nSPS) is 11.2. The zero-order valence-electron chi connectivity index (χ0n) is 17.7. The van der Waals surface area contributed by atoms with Gasteiger partial charge in [0, 0.05) is 11.1 Å². The number of unbranched alkanes of at least 4 members (excludes halogenated alkanes) is 1. The molecule has 7 heteroatoms. The van der Waals surface area contributed by atoms with Crippen LogP contribution in [0.5, 0.6) is 11.5 Å². The highest BCUT2D eigenvalue weighted by molar-refractivity contribution is 6.03. The van der Waals surface area contributed by atoms with Crippen molar-refractivity contribution in [1.29, 1.82) is 0 Å². The minimum absolute atomic E-state index is 0.0882. The van der Waals surface area contributed by atoms with Crippen molar-refractivity contribution in [2.45, 2.75) is 19.8 Å². The molecule has 0 saturated heterocycles. The van der Waals surface area contributed by atoms with E-state index in [1.165, 1.54) is 6.21 Å². The molecule has 0 bridgehead atoms. The molecule has 3 N–H and O–H groups in total. The third-order valence-electron chi connectivity index (χ3n) is 5.05. The molecule has 1 heterocycles. The molecule has 7 nitrogen and oxygen atoms in total. The van der Waals surface area contributed by atoms with Crippen LogP contribution in [-0.2, 0) is 0 Å². The van der Waals surface area contributed by atoms with Gasteiger partial charge in [-0.05, 0) is 41.5 Å². The number of aromatic nitrogens is 2. The summed E-state index contributed by atoms with van der Waals surface area (Å²) in [5.41, 5.74) is 4.70. The Bertz CT molecular complexity index is 1260. The number of hydrogen-bond donors (Lipinski definition) is 3. The van der Waals surface area contributed by atoms with Crippen LogP contribution >= 0.6 is 0 Å². The second kappa shape index (κ2) is 9.78. The predicted octanol–water partition coefficient (Wildman–Crippen LogP) is 4.88. The summed E-state index contributed by atoms with van der Waals surface area (Å²) in [5, 5.41) is 23.0. The van der Waals surface area contributed by atoms with Crippen LogP contribution in [0.3, 0.4) is 0 Å². The number of aromatic hydroxyl groups is 1. The van der Waals surface area contributed by atoms with E-state index >= 15 is 0 Å². The van der Waals surface area contributed by atoms with Crippen molar-refractivity contribution < 1.29 is 14.6 Å². The molecule has 0 aliphatic carbocycles. The molecule has 0 radical (unpaired) electrons. The number of hydrogen-bond acceptors (Lipinski definition) is 5. The van der Waals surface area contributed by atoms with Crippen molar-refractivity contribution >= 4 is 22.9 Å². The zero-order valence-corrected chi connectivity index (χ0v) is 17.7. The number of H-pyrrole nitrogens is 1. The average molecular weight is 428 g/mol. The Hall–Kier alpha value is -4.13. The van der Waals surface area contributed by atoms with E-state index in [4.69, 9.17) is 4.74 Å². The molecular weight excluding hydrogens is 404 g/mol. The molecule has 0 atom stereocenters. The first-order chi connectivity index (χ1) is 15.7. The second-order valence-corrected chi connectivity index (χ2v) is 7.28. The van der Waals surface area contributed by atoms with E-state index in [0.29, 0.717) is 17.9 Å². The van der Waals surface area contributed by atoms with Gasteiger partial charge < -0.3 is 9.84 Å². The lowest BCUT2D eigenvalue weighted by molar-refractivity contribution is 0.0950. The highest BCUT2D eigenvalue weighted by atomic mass is 16.5. The van der Waals surface area contributed by atoms with Gasteiger partial charge in [0.2, 0.25) is 0 Å². The molecule has 0 unspecified atom stereocenters. The van der Waals surface area contributed by atoms with Gasteiger partial charge in [0.25, 0.3) is 5.91 Å². The molecule has 1 amide bonds. The molecule has 3 aromatic carbocycles. The number of phenols is 1. The lowest BCUT2D eigenvalue weighted by Gasteiger charge is -2.09. The summed E-state index contributed by atoms with van der Waals surface area (Å²) in [6.07, 6.45) is 3.45. The van der Waals surface area contributed by atoms with E-state index in [1.54, 1.807) is 12.1 Å². The number of aromatic amines is 1. The number of nitrogens with zero attached hydrogens (tertiary/aromatic N) is 2. The van der Waals surface area contributed by atoms with Gasteiger partial charge in [-0.25, -0.2) is 5.43 Å². The second-order valence-electron chi connectivity index (χ2n) is 7.28. The van der Waals surface area contributed by atoms with Crippen LogP contribution in [-0.4, -0.2) is 34.0 Å². The summed E-state index contributed by atoms with van der Waals surface area (Å²) in [6.45, 7) is 2.74. The summed E-state index contributed by atoms with van der Waals surface area (Å²) in [7, 11) is 0. The van der Waals surface area contributed by atoms with Crippen molar-refractivity contribution in [2.24, 2.45) is 5.10 Å². The SMILES string of the molecule is CCCCOc1ccccc1-c1cc(C(=O)N/N=C\c2c(O)ccc3ccccc23)[nH]n1. The molecule has 0 fully saturated rings. The van der Waals surface area contributed by atoms with Crippen molar-refractivity contribution in [3.8, 4) is 22.8 Å². The number of rotatable bonds is 8. The Labute approximate surface area is 185 Å². The number of benzene rings is 3. The minimum atomic E-state index is -0.441. The number of ether oxygens (including phenoxy) is 1. The summed E-state index contributed by atoms with van der Waals surface area (Å²) in [4.78, 5) is 12.5. The van der Waals surface area contributed by atoms with Crippen molar-refractivity contribution in [2.75, 3.05) is 6.61 Å². The number of carbonyl (C=O) groups excluding carboxylic acids is 1. The molecule has 4 aromatic rings. The highest BCUT2D eigenvalue weighted by Crippen LogP contribution is 2.29. The third-order valence-corrected chi connectivity index (χ3v) is 5.05. The Balaban J connectivity index is 1.48. The maximum atomic E-state index is 12.5.